The number of hydrogen-bond acceptors (Lipinski definition) is 5. The first kappa shape index (κ1) is 28.0. The summed E-state index contributed by atoms with van der Waals surface area (Å²) in [5, 5.41) is 10.9. The van der Waals surface area contributed by atoms with Crippen molar-refractivity contribution in [2.45, 2.75) is 138 Å². The van der Waals surface area contributed by atoms with E-state index in [1.807, 2.05) is 0 Å². The van der Waals surface area contributed by atoms with Crippen molar-refractivity contribution < 1.29 is 24.2 Å². The van der Waals surface area contributed by atoms with E-state index in [1.54, 1.807) is 0 Å². The van der Waals surface area contributed by atoms with E-state index < -0.39 is 11.9 Å². The molecule has 5 aliphatic carbocycles. The molecule has 0 radical (unpaired) electrons. The molecule has 10 atom stereocenters. The van der Waals surface area contributed by atoms with Crippen molar-refractivity contribution in [3.63, 3.8) is 0 Å². The van der Waals surface area contributed by atoms with E-state index >= 15 is 0 Å². The van der Waals surface area contributed by atoms with Gasteiger partial charge in [0, 0.05) is 11.4 Å². The first-order chi connectivity index (χ1) is 18.1. The van der Waals surface area contributed by atoms with Crippen LogP contribution in [0.15, 0.2) is 0 Å². The summed E-state index contributed by atoms with van der Waals surface area (Å²) < 4.78 is 12.7. The lowest BCUT2D eigenvalue weighted by Gasteiger charge is -2.73. The predicted molar refractivity (Wildman–Crippen MR) is 148 cm³/mol. The molecular formula is C34H53O5-. The Labute approximate surface area is 236 Å². The van der Waals surface area contributed by atoms with Crippen LogP contribution in [0.1, 0.15) is 126 Å². The molecule has 39 heavy (non-hydrogen) atoms. The predicted octanol–water partition coefficient (Wildman–Crippen LogP) is 6.32. The monoisotopic (exact) mass is 541 g/mol. The largest absolute Gasteiger partial charge is 0.550 e. The van der Waals surface area contributed by atoms with Crippen LogP contribution in [0.5, 0.6) is 0 Å². The maximum absolute atomic E-state index is 12.5. The summed E-state index contributed by atoms with van der Waals surface area (Å²) in [7, 11) is 0. The van der Waals surface area contributed by atoms with Crippen LogP contribution < -0.4 is 5.11 Å². The molecule has 5 saturated carbocycles. The Morgan fingerprint density at radius 3 is 2.23 bits per heavy atom. The van der Waals surface area contributed by atoms with Gasteiger partial charge in [0.2, 0.25) is 0 Å². The molecule has 6 rings (SSSR count). The number of carbonyl (C=O) groups excluding carboxylic acids is 2. The average Bonchev–Trinajstić information content (AvgIpc) is 3.19. The Morgan fingerprint density at radius 2 is 1.51 bits per heavy atom. The molecule has 0 spiro atoms. The van der Waals surface area contributed by atoms with Crippen LogP contribution in [0.25, 0.3) is 0 Å². The first-order valence-electron chi connectivity index (χ1n) is 16.1. The number of carboxylic acid groups (broad SMARTS) is 1. The molecule has 0 amide bonds. The van der Waals surface area contributed by atoms with E-state index in [2.05, 4.69) is 48.5 Å². The smallest absolute Gasteiger partial charge is 0.306 e. The molecule has 0 N–H and O–H groups in total. The van der Waals surface area contributed by atoms with Gasteiger partial charge in [-0.2, -0.15) is 0 Å². The third kappa shape index (κ3) is 3.72. The summed E-state index contributed by atoms with van der Waals surface area (Å²) in [6.07, 6.45) is 12.3. The van der Waals surface area contributed by atoms with Crippen molar-refractivity contribution in [2.24, 2.45) is 56.2 Å². The number of carbonyl (C=O) groups is 2. The lowest BCUT2D eigenvalue weighted by molar-refractivity contribution is -0.305. The fraction of sp³-hybridized carbons (Fsp3) is 0.941. The van der Waals surface area contributed by atoms with E-state index in [1.165, 1.54) is 51.4 Å². The molecule has 1 saturated heterocycles. The summed E-state index contributed by atoms with van der Waals surface area (Å²) in [6, 6.07) is 0. The van der Waals surface area contributed by atoms with Crippen LogP contribution in [0.3, 0.4) is 0 Å². The van der Waals surface area contributed by atoms with Gasteiger partial charge in [-0.05, 0) is 121 Å². The van der Waals surface area contributed by atoms with Crippen LogP contribution in [-0.4, -0.2) is 30.8 Å². The standard InChI is InChI=1S/C34H54O5/c1-29(2)16-18-34-19-17-32(6)21(27(34)28(29)38-20-34)8-9-23-31(5)14-13-24(39-26(37)11-10-25(35)36)30(3,4)22(31)12-15-33(23,32)7/h21-24,27-28H,8-20H2,1-7H3,(H,35,36)/p-1. The van der Waals surface area contributed by atoms with Gasteiger partial charge in [-0.3, -0.25) is 4.79 Å². The van der Waals surface area contributed by atoms with Gasteiger partial charge in [0.1, 0.15) is 6.10 Å². The van der Waals surface area contributed by atoms with E-state index in [0.29, 0.717) is 34.2 Å². The average molecular weight is 542 g/mol. The lowest BCUT2D eigenvalue weighted by atomic mass is 9.31. The van der Waals surface area contributed by atoms with E-state index in [0.717, 1.165) is 31.3 Å². The minimum atomic E-state index is -1.19. The summed E-state index contributed by atoms with van der Waals surface area (Å²) in [4.78, 5) is 23.4. The van der Waals surface area contributed by atoms with Gasteiger partial charge in [0.05, 0.1) is 19.1 Å². The molecule has 0 aromatic heterocycles. The number of carboxylic acids is 1. The zero-order valence-electron chi connectivity index (χ0n) is 25.7. The highest BCUT2D eigenvalue weighted by molar-refractivity contribution is 5.75. The van der Waals surface area contributed by atoms with E-state index in [9.17, 15) is 14.7 Å². The maximum Gasteiger partial charge on any atom is 0.306 e. The number of ether oxygens (including phenoxy) is 2. The molecule has 5 heteroatoms. The minimum absolute atomic E-state index is 0.0958. The fourth-order valence-electron chi connectivity index (χ4n) is 12.6. The molecule has 0 aromatic rings. The van der Waals surface area contributed by atoms with E-state index in [-0.39, 0.29) is 35.2 Å². The third-order valence-electron chi connectivity index (χ3n) is 14.9. The van der Waals surface area contributed by atoms with Crippen molar-refractivity contribution in [3.8, 4) is 0 Å². The first-order valence-corrected chi connectivity index (χ1v) is 16.1. The maximum atomic E-state index is 12.5. The zero-order chi connectivity index (χ0) is 28.2. The fourth-order valence-corrected chi connectivity index (χ4v) is 12.6. The molecule has 1 heterocycles. The van der Waals surface area contributed by atoms with Crippen molar-refractivity contribution in [3.05, 3.63) is 0 Å². The SMILES string of the molecule is CC1(C)CCC23CCC4(C)C(CCC5C6(C)CCC(OC(=O)CCC(=O)[O-])C(C)(C)C6CCC54C)C2C1OC3. The highest BCUT2D eigenvalue weighted by Crippen LogP contribution is 2.78. The zero-order valence-corrected chi connectivity index (χ0v) is 25.7. The number of esters is 1. The Kier molecular flexibility index (Phi) is 6.26. The number of hydrogen-bond donors (Lipinski definition) is 0. The molecule has 0 aromatic carbocycles. The molecule has 5 nitrogen and oxygen atoms in total. The molecule has 10 unspecified atom stereocenters. The van der Waals surface area contributed by atoms with Crippen LogP contribution >= 0.6 is 0 Å². The Bertz CT molecular complexity index is 1030. The summed E-state index contributed by atoms with van der Waals surface area (Å²) in [6.45, 7) is 18.5. The van der Waals surface area contributed by atoms with E-state index in [4.69, 9.17) is 9.47 Å². The van der Waals surface area contributed by atoms with Crippen LogP contribution in [-0.2, 0) is 19.1 Å². The van der Waals surface area contributed by atoms with Gasteiger partial charge >= 0.3 is 5.97 Å². The van der Waals surface area contributed by atoms with Crippen molar-refractivity contribution in [1.29, 1.82) is 0 Å². The van der Waals surface area contributed by atoms with Gasteiger partial charge in [0.25, 0.3) is 0 Å². The molecule has 220 valence electrons. The van der Waals surface area contributed by atoms with Crippen molar-refractivity contribution in [1.82, 2.24) is 0 Å². The third-order valence-corrected chi connectivity index (χ3v) is 14.9. The second-order valence-electron chi connectivity index (χ2n) is 17.0. The Hall–Kier alpha value is -1.10. The molecule has 2 bridgehead atoms. The van der Waals surface area contributed by atoms with Crippen LogP contribution in [0, 0.1) is 56.2 Å². The highest BCUT2D eigenvalue weighted by Gasteiger charge is 2.72. The second kappa shape index (κ2) is 8.71. The second-order valence-corrected chi connectivity index (χ2v) is 17.0. The van der Waals surface area contributed by atoms with Crippen LogP contribution in [0.2, 0.25) is 0 Å². The molecular weight excluding hydrogens is 488 g/mol. The van der Waals surface area contributed by atoms with Crippen LogP contribution in [0.4, 0.5) is 0 Å². The topological polar surface area (TPSA) is 75.7 Å². The highest BCUT2D eigenvalue weighted by atomic mass is 16.5. The Morgan fingerprint density at radius 1 is 0.795 bits per heavy atom. The van der Waals surface area contributed by atoms with Gasteiger partial charge < -0.3 is 19.4 Å². The van der Waals surface area contributed by atoms with Crippen molar-refractivity contribution >= 4 is 11.9 Å². The summed E-state index contributed by atoms with van der Waals surface area (Å²) in [5.74, 6) is 1.08. The minimum Gasteiger partial charge on any atom is -0.550 e. The quantitative estimate of drug-likeness (QED) is 0.389. The van der Waals surface area contributed by atoms with Gasteiger partial charge in [-0.15, -0.1) is 0 Å². The van der Waals surface area contributed by atoms with Crippen molar-refractivity contribution in [2.75, 3.05) is 6.61 Å². The number of fused-ring (bicyclic) bond motifs is 5. The summed E-state index contributed by atoms with van der Waals surface area (Å²) >= 11 is 0. The molecule has 6 fully saturated rings. The van der Waals surface area contributed by atoms with Gasteiger partial charge in [-0.1, -0.05) is 48.5 Å². The molecule has 6 aliphatic rings. The van der Waals surface area contributed by atoms with Gasteiger partial charge in [-0.25, -0.2) is 0 Å². The Balaban J connectivity index is 1.27. The molecule has 1 aliphatic heterocycles. The summed E-state index contributed by atoms with van der Waals surface area (Å²) in [5.41, 5.74) is 1.48. The van der Waals surface area contributed by atoms with Gasteiger partial charge in [0.15, 0.2) is 0 Å². The normalized spacial score (nSPS) is 51.1. The number of rotatable bonds is 4. The number of aliphatic carboxylic acids is 1. The lowest BCUT2D eigenvalue weighted by Crippen LogP contribution is -2.67.